The zero-order valence-electron chi connectivity index (χ0n) is 29.6. The molecular formula is C39H43FN10O3. The lowest BCUT2D eigenvalue weighted by Gasteiger charge is -2.27. The van der Waals surface area contributed by atoms with Crippen LogP contribution < -0.4 is 37.6 Å². The first-order chi connectivity index (χ1) is 25.7. The summed E-state index contributed by atoms with van der Waals surface area (Å²) in [7, 11) is 3.12. The molecule has 274 valence electrons. The van der Waals surface area contributed by atoms with E-state index >= 15 is 0 Å². The van der Waals surface area contributed by atoms with Crippen LogP contribution in [0, 0.1) is 0 Å². The molecule has 2 atom stereocenters. The van der Waals surface area contributed by atoms with Gasteiger partial charge in [0.05, 0.1) is 45.3 Å². The van der Waals surface area contributed by atoms with Crippen molar-refractivity contribution in [3.05, 3.63) is 102 Å². The van der Waals surface area contributed by atoms with E-state index in [4.69, 9.17) is 5.73 Å². The molecule has 0 radical (unpaired) electrons. The molecule has 2 fully saturated rings. The lowest BCUT2D eigenvalue weighted by Crippen LogP contribution is -2.27. The third-order valence-electron chi connectivity index (χ3n) is 9.30. The van der Waals surface area contributed by atoms with E-state index in [9.17, 15) is 18.8 Å². The van der Waals surface area contributed by atoms with E-state index in [1.165, 1.54) is 18.8 Å². The highest BCUT2D eigenvalue weighted by atomic mass is 19.1. The lowest BCUT2D eigenvalue weighted by atomic mass is 9.93. The van der Waals surface area contributed by atoms with Gasteiger partial charge in [0.25, 0.3) is 17.7 Å². The zero-order valence-corrected chi connectivity index (χ0v) is 29.6. The van der Waals surface area contributed by atoms with Gasteiger partial charge >= 0.3 is 0 Å². The number of fused-ring (bicyclic) bond motifs is 1. The first kappa shape index (κ1) is 36.5. The standard InChI is InChI=1S/C21H22FN5O.C18H21N5O2/c1-23-21(28)14-12-24-20(11-18(14)25-17-8-4-6-15(17)22)27-19-10-9-13-5-2-3-7-16(13)26-19;1-20-18(25)13-10-21-16(22-11-5-4-6-11)9-15(13)23-14-8-3-2-7-12(14)17(19)24/h2-3,5,7,9-12,15,17H,4,6,8H2,1H3,(H,23,28)(H2,24,25,26,27);2-3,7-11H,4-6H2,1H3,(H2,19,24)(H,20,25)(H2,21,22,23)/t15-,17+;/m0./s1. The number of halogens is 1. The summed E-state index contributed by atoms with van der Waals surface area (Å²) in [4.78, 5) is 49.2. The molecule has 13 nitrogen and oxygen atoms in total. The fraction of sp³-hybridized carbons (Fsp3) is 0.282. The number of benzene rings is 2. The highest BCUT2D eigenvalue weighted by molar-refractivity contribution is 6.03. The van der Waals surface area contributed by atoms with Crippen molar-refractivity contribution in [1.29, 1.82) is 0 Å². The minimum absolute atomic E-state index is 0.262. The average Bonchev–Trinajstić information content (AvgIpc) is 3.56. The van der Waals surface area contributed by atoms with Gasteiger partial charge in [-0.05, 0) is 68.9 Å². The summed E-state index contributed by atoms with van der Waals surface area (Å²) in [5, 5.41) is 19.1. The van der Waals surface area contributed by atoms with E-state index in [1.54, 1.807) is 50.5 Å². The largest absolute Gasteiger partial charge is 0.379 e. The van der Waals surface area contributed by atoms with Crippen molar-refractivity contribution in [3.63, 3.8) is 0 Å². The number of rotatable bonds is 11. The van der Waals surface area contributed by atoms with Crippen LogP contribution in [-0.2, 0) is 0 Å². The first-order valence-corrected chi connectivity index (χ1v) is 17.6. The second-order valence-electron chi connectivity index (χ2n) is 12.9. The Hall–Kier alpha value is -6.31. The summed E-state index contributed by atoms with van der Waals surface area (Å²) in [6, 6.07) is 22.2. The zero-order chi connectivity index (χ0) is 37.3. The number of nitrogens with one attached hydrogen (secondary N) is 6. The molecular weight excluding hydrogens is 675 g/mol. The van der Waals surface area contributed by atoms with E-state index in [0.717, 1.165) is 36.6 Å². The Morgan fingerprint density at radius 3 is 2.02 bits per heavy atom. The van der Waals surface area contributed by atoms with Gasteiger partial charge in [0.2, 0.25) is 0 Å². The summed E-state index contributed by atoms with van der Waals surface area (Å²) < 4.78 is 14.1. The third-order valence-corrected chi connectivity index (χ3v) is 9.30. The molecule has 3 amide bonds. The van der Waals surface area contributed by atoms with Crippen molar-refractivity contribution in [2.45, 2.75) is 56.8 Å². The number of anilines is 6. The fourth-order valence-electron chi connectivity index (χ4n) is 6.17. The van der Waals surface area contributed by atoms with Crippen LogP contribution in [0.1, 0.15) is 69.6 Å². The van der Waals surface area contributed by atoms with Gasteiger partial charge in [-0.15, -0.1) is 0 Å². The Bertz CT molecular complexity index is 2110. The Morgan fingerprint density at radius 2 is 1.34 bits per heavy atom. The number of primary amides is 1. The lowest BCUT2D eigenvalue weighted by molar-refractivity contribution is 0.0955. The van der Waals surface area contributed by atoms with Gasteiger partial charge in [0, 0.05) is 50.0 Å². The number of pyridine rings is 3. The van der Waals surface area contributed by atoms with Crippen LogP contribution in [0.3, 0.4) is 0 Å². The molecule has 8 N–H and O–H groups in total. The molecule has 2 aromatic carbocycles. The van der Waals surface area contributed by atoms with Crippen LogP contribution in [0.25, 0.3) is 10.9 Å². The number of carbonyl (C=O) groups is 3. The third kappa shape index (κ3) is 8.95. The number of carbonyl (C=O) groups excluding carboxylic acids is 3. The number of alkyl halides is 1. The summed E-state index contributed by atoms with van der Waals surface area (Å²) in [6.07, 6.45) is 7.68. The molecule has 2 aliphatic carbocycles. The quantitative estimate of drug-likeness (QED) is 0.0819. The molecule has 14 heteroatoms. The Labute approximate surface area is 306 Å². The van der Waals surface area contributed by atoms with Crippen molar-refractivity contribution >= 4 is 63.1 Å². The number of nitrogens with two attached hydrogens (primary N) is 1. The van der Waals surface area contributed by atoms with Crippen molar-refractivity contribution in [2.24, 2.45) is 5.73 Å². The summed E-state index contributed by atoms with van der Waals surface area (Å²) in [6.45, 7) is 0. The predicted molar refractivity (Wildman–Crippen MR) is 206 cm³/mol. The second kappa shape index (κ2) is 16.8. The molecule has 2 aliphatic rings. The number of aromatic nitrogens is 3. The molecule has 3 aromatic heterocycles. The minimum Gasteiger partial charge on any atom is -0.379 e. The molecule has 0 aliphatic heterocycles. The Kier molecular flexibility index (Phi) is 11.6. The van der Waals surface area contributed by atoms with Gasteiger partial charge in [-0.3, -0.25) is 14.4 Å². The van der Waals surface area contributed by atoms with Crippen molar-refractivity contribution < 1.29 is 18.8 Å². The maximum atomic E-state index is 14.1. The summed E-state index contributed by atoms with van der Waals surface area (Å²) >= 11 is 0. The Balaban J connectivity index is 0.000000183. The van der Waals surface area contributed by atoms with Crippen LogP contribution in [0.2, 0.25) is 0 Å². The molecule has 53 heavy (non-hydrogen) atoms. The van der Waals surface area contributed by atoms with Crippen LogP contribution in [0.4, 0.5) is 38.9 Å². The van der Waals surface area contributed by atoms with Gasteiger partial charge in [-0.2, -0.15) is 0 Å². The van der Waals surface area contributed by atoms with Crippen molar-refractivity contribution in [3.8, 4) is 0 Å². The molecule has 0 saturated heterocycles. The molecule has 5 aromatic rings. The SMILES string of the molecule is CNC(=O)c1cnc(NC2CCC2)cc1Nc1ccccc1C(N)=O.CNC(=O)c1cnc(Nc2ccc3ccccc3n2)cc1N[C@@H]1CCC[C@@H]1F. The van der Waals surface area contributed by atoms with Gasteiger partial charge < -0.3 is 37.6 Å². The smallest absolute Gasteiger partial charge is 0.254 e. The summed E-state index contributed by atoms with van der Waals surface area (Å²) in [5.74, 6) is 0.809. The van der Waals surface area contributed by atoms with Crippen LogP contribution in [-0.4, -0.2) is 65.0 Å². The molecule has 2 saturated carbocycles. The number of amides is 3. The van der Waals surface area contributed by atoms with E-state index < -0.39 is 12.1 Å². The number of nitrogens with zero attached hydrogens (tertiary/aromatic N) is 3. The topological polar surface area (TPSA) is 188 Å². The highest BCUT2D eigenvalue weighted by Crippen LogP contribution is 2.30. The van der Waals surface area contributed by atoms with Gasteiger partial charge in [0.15, 0.2) is 0 Å². The highest BCUT2D eigenvalue weighted by Gasteiger charge is 2.28. The van der Waals surface area contributed by atoms with Gasteiger partial charge in [-0.25, -0.2) is 19.3 Å². The van der Waals surface area contributed by atoms with Crippen LogP contribution in [0.5, 0.6) is 0 Å². The van der Waals surface area contributed by atoms with Gasteiger partial charge in [-0.1, -0.05) is 30.3 Å². The number of para-hydroxylation sites is 2. The number of hydrogen-bond donors (Lipinski definition) is 7. The van der Waals surface area contributed by atoms with E-state index in [1.807, 2.05) is 36.4 Å². The first-order valence-electron chi connectivity index (χ1n) is 17.6. The minimum atomic E-state index is -0.913. The second-order valence-corrected chi connectivity index (χ2v) is 12.9. The predicted octanol–water partition coefficient (Wildman–Crippen LogP) is 6.28. The van der Waals surface area contributed by atoms with E-state index in [-0.39, 0.29) is 17.9 Å². The van der Waals surface area contributed by atoms with Crippen molar-refractivity contribution in [2.75, 3.05) is 35.4 Å². The summed E-state index contributed by atoms with van der Waals surface area (Å²) in [5.41, 5.74) is 9.10. The molecule has 0 unspecified atom stereocenters. The fourth-order valence-corrected chi connectivity index (χ4v) is 6.17. The van der Waals surface area contributed by atoms with Crippen LogP contribution in [0.15, 0.2) is 85.2 Å². The number of hydrogen-bond acceptors (Lipinski definition) is 10. The Morgan fingerprint density at radius 1 is 0.679 bits per heavy atom. The van der Waals surface area contributed by atoms with Crippen molar-refractivity contribution in [1.82, 2.24) is 25.6 Å². The van der Waals surface area contributed by atoms with Gasteiger partial charge in [0.1, 0.15) is 23.6 Å². The maximum Gasteiger partial charge on any atom is 0.254 e. The molecule has 3 heterocycles. The van der Waals surface area contributed by atoms with Crippen LogP contribution >= 0.6 is 0 Å². The molecule has 0 spiro atoms. The maximum absolute atomic E-state index is 14.1. The average molecular weight is 719 g/mol. The normalized spacial score (nSPS) is 16.4. The monoisotopic (exact) mass is 718 g/mol. The van der Waals surface area contributed by atoms with E-state index in [2.05, 4.69) is 46.9 Å². The molecule has 0 bridgehead atoms. The molecule has 7 rings (SSSR count). The van der Waals surface area contributed by atoms with E-state index in [0.29, 0.717) is 63.7 Å².